The smallest absolute Gasteiger partial charge is 1.00 e. The molecule has 0 heterocycles. The van der Waals surface area contributed by atoms with E-state index in [0.717, 1.165) is 0 Å². The first-order chi connectivity index (χ1) is 1.41. The minimum Gasteiger partial charge on any atom is -1.00 e. The Morgan fingerprint density at radius 1 is 1.40 bits per heavy atom. The van der Waals surface area contributed by atoms with Crippen LogP contribution in [0.25, 0.3) is 0 Å². The summed E-state index contributed by atoms with van der Waals surface area (Å²) < 4.78 is 3.19. The van der Waals surface area contributed by atoms with Crippen molar-refractivity contribution in [2.24, 2.45) is 0 Å². The molecule has 0 aromatic heterocycles. The van der Waals surface area contributed by atoms with Crippen molar-refractivity contribution in [3.05, 3.63) is 0 Å². The van der Waals surface area contributed by atoms with Gasteiger partial charge in [-0.2, -0.15) is 3.84 Å². The van der Waals surface area contributed by atoms with Crippen LogP contribution in [0, 0.1) is 0 Å². The van der Waals surface area contributed by atoms with Crippen LogP contribution in [0.3, 0.4) is 0 Å². The molecule has 5 heteroatoms. The van der Waals surface area contributed by atoms with E-state index in [2.05, 4.69) is 27.6 Å². The molecule has 5 heavy (non-hydrogen) atoms. The molecule has 1 nitrogen and oxygen atoms in total. The maximum absolute atomic E-state index is 4.26. The van der Waals surface area contributed by atoms with Gasteiger partial charge in [0.15, 0.2) is 0 Å². The summed E-state index contributed by atoms with van der Waals surface area (Å²) in [5.74, 6) is 0. The molecule has 0 aliphatic carbocycles. The summed E-state index contributed by atoms with van der Waals surface area (Å²) >= 11 is 8.53. The number of hydrogen-bond donors (Lipinski definition) is 0. The van der Waals surface area contributed by atoms with Gasteiger partial charge < -0.3 is 4.28 Å². The molecule has 0 saturated heterocycles. The van der Waals surface area contributed by atoms with Crippen LogP contribution in [0.5, 0.6) is 0 Å². The standard InChI is InChI=1S/Ca.Cl2O.K.3H/c;1-3-2;;;;/q+2;;+1;3*-1. The molecule has 0 rings (SSSR count). The Balaban J connectivity index is -0.00000000200. The molecular formula is H3CaCl2KO. The van der Waals surface area contributed by atoms with Crippen molar-refractivity contribution in [1.82, 2.24) is 0 Å². The Labute approximate surface area is 118 Å². The van der Waals surface area contributed by atoms with Gasteiger partial charge in [0.2, 0.25) is 0 Å². The van der Waals surface area contributed by atoms with Gasteiger partial charge in [-0.25, -0.2) is 0 Å². The van der Waals surface area contributed by atoms with Gasteiger partial charge in [0.25, 0.3) is 0 Å². The molecule has 0 unspecified atom stereocenters. The third-order valence-electron chi connectivity index (χ3n) is 0. The number of hydrogen-bond acceptors (Lipinski definition) is 1. The second kappa shape index (κ2) is 15.7. The van der Waals surface area contributed by atoms with E-state index in [0.29, 0.717) is 0 Å². The molecule has 0 radical (unpaired) electrons. The number of halogens is 2. The van der Waals surface area contributed by atoms with E-state index in [1.165, 1.54) is 0 Å². The molecule has 0 N–H and O–H groups in total. The van der Waals surface area contributed by atoms with Crippen LogP contribution in [0.1, 0.15) is 4.28 Å². The molecule has 0 bridgehead atoms. The molecule has 0 aliphatic rings. The van der Waals surface area contributed by atoms with E-state index in [-0.39, 0.29) is 93.4 Å². The summed E-state index contributed by atoms with van der Waals surface area (Å²) in [6.07, 6.45) is 0. The minimum atomic E-state index is 0. The van der Waals surface area contributed by atoms with Crippen LogP contribution in [0.15, 0.2) is 0 Å². The average Bonchev–Trinajstić information content (AvgIpc) is 0.918. The maximum atomic E-state index is 4.26. The Kier molecular flexibility index (Phi) is 49.4. The van der Waals surface area contributed by atoms with Crippen LogP contribution >= 0.6 is 23.7 Å². The summed E-state index contributed by atoms with van der Waals surface area (Å²) in [4.78, 5) is 0. The molecule has 26 valence electrons. The van der Waals surface area contributed by atoms with Gasteiger partial charge in [0, 0.05) is 0 Å². The van der Waals surface area contributed by atoms with Gasteiger partial charge in [0.05, 0.1) is 23.7 Å². The minimum absolute atomic E-state index is 0. The van der Waals surface area contributed by atoms with Crippen molar-refractivity contribution >= 4 is 61.5 Å². The van der Waals surface area contributed by atoms with Crippen molar-refractivity contribution in [3.63, 3.8) is 0 Å². The van der Waals surface area contributed by atoms with Gasteiger partial charge in [-0.3, -0.25) is 0 Å². The first kappa shape index (κ1) is 15.8. The largest absolute Gasteiger partial charge is 2.00 e. The van der Waals surface area contributed by atoms with E-state index in [9.17, 15) is 0 Å². The second-order valence-electron chi connectivity index (χ2n) is 0.0583. The zero-order valence-electron chi connectivity index (χ0n) is 5.87. The van der Waals surface area contributed by atoms with Crippen molar-refractivity contribution in [3.8, 4) is 0 Å². The molecule has 0 saturated carbocycles. The van der Waals surface area contributed by atoms with Gasteiger partial charge in [-0.1, -0.05) is 0 Å². The van der Waals surface area contributed by atoms with E-state index in [1.54, 1.807) is 0 Å². The van der Waals surface area contributed by atoms with Gasteiger partial charge in [-0.05, 0) is 0 Å². The quantitative estimate of drug-likeness (QED) is 0.392. The summed E-state index contributed by atoms with van der Waals surface area (Å²) in [7, 11) is 0. The predicted octanol–water partition coefficient (Wildman–Crippen LogP) is -1.73. The average molecular weight is 169 g/mol. The number of rotatable bonds is 0. The Bertz CT molecular complexity index is 17.2. The van der Waals surface area contributed by atoms with E-state index < -0.39 is 0 Å². The first-order valence-corrected chi connectivity index (χ1v) is 0.926. The van der Waals surface area contributed by atoms with Crippen molar-refractivity contribution in [2.75, 3.05) is 0 Å². The fourth-order valence-electron chi connectivity index (χ4n) is 0. The van der Waals surface area contributed by atoms with Crippen LogP contribution in [0.4, 0.5) is 0 Å². The van der Waals surface area contributed by atoms with E-state index in [1.807, 2.05) is 0 Å². The molecular weight excluding hydrogens is 166 g/mol. The van der Waals surface area contributed by atoms with E-state index in [4.69, 9.17) is 0 Å². The first-order valence-electron chi connectivity index (χ1n) is 0.309. The predicted molar refractivity (Wildman–Crippen MR) is 21.9 cm³/mol. The monoisotopic (exact) mass is 168 g/mol. The van der Waals surface area contributed by atoms with Crippen LogP contribution in [-0.4, -0.2) is 37.7 Å². The zero-order valence-corrected chi connectivity index (χ0v) is 9.71. The SMILES string of the molecule is ClOCl.[Ca+2].[H-].[H-].[H-].[K+]. The van der Waals surface area contributed by atoms with Crippen molar-refractivity contribution in [1.29, 1.82) is 0 Å². The van der Waals surface area contributed by atoms with Crippen LogP contribution < -0.4 is 51.4 Å². The fourth-order valence-corrected chi connectivity index (χ4v) is 0. The summed E-state index contributed by atoms with van der Waals surface area (Å²) in [5, 5.41) is 0. The summed E-state index contributed by atoms with van der Waals surface area (Å²) in [5.41, 5.74) is 0. The van der Waals surface area contributed by atoms with Crippen molar-refractivity contribution in [2.45, 2.75) is 0 Å². The fraction of sp³-hybridized carbons (Fsp3) is 0. The molecule has 0 atom stereocenters. The van der Waals surface area contributed by atoms with Crippen LogP contribution in [-0.2, 0) is 3.84 Å². The molecule has 0 aliphatic heterocycles. The normalized spacial score (nSPS) is 3.60. The molecule has 0 fully saturated rings. The van der Waals surface area contributed by atoms with E-state index >= 15 is 0 Å². The zero-order chi connectivity index (χ0) is 2.71. The van der Waals surface area contributed by atoms with Crippen LogP contribution in [0.2, 0.25) is 0 Å². The van der Waals surface area contributed by atoms with Gasteiger partial charge in [0.1, 0.15) is 0 Å². The summed E-state index contributed by atoms with van der Waals surface area (Å²) in [6, 6.07) is 0. The third kappa shape index (κ3) is 18.6. The van der Waals surface area contributed by atoms with Crippen molar-refractivity contribution < 1.29 is 59.5 Å². The Morgan fingerprint density at radius 2 is 1.40 bits per heavy atom. The second-order valence-corrected chi connectivity index (χ2v) is 0.525. The topological polar surface area (TPSA) is 9.23 Å². The summed E-state index contributed by atoms with van der Waals surface area (Å²) in [6.45, 7) is 0. The molecule has 0 amide bonds. The molecule has 0 aromatic carbocycles. The Hall–Kier alpha value is 3.44. The third-order valence-corrected chi connectivity index (χ3v) is 0. The molecule has 0 aromatic rings. The van der Waals surface area contributed by atoms with Gasteiger partial charge in [-0.15, -0.1) is 0 Å². The maximum Gasteiger partial charge on any atom is 2.00 e. The molecule has 0 spiro atoms. The van der Waals surface area contributed by atoms with Gasteiger partial charge >= 0.3 is 89.1 Å². The Morgan fingerprint density at radius 3 is 1.40 bits per heavy atom.